The molecule has 0 amide bonds. The summed E-state index contributed by atoms with van der Waals surface area (Å²) in [6, 6.07) is 4.41. The molecule has 1 atom stereocenters. The SMILES string of the molecule is Cc1cc2c(cc1NCC1COCCN1)OCCO2. The van der Waals surface area contributed by atoms with Crippen molar-refractivity contribution in [2.24, 2.45) is 0 Å². The monoisotopic (exact) mass is 264 g/mol. The molecule has 19 heavy (non-hydrogen) atoms. The number of nitrogens with one attached hydrogen (secondary N) is 2. The molecule has 5 heteroatoms. The molecule has 1 aromatic carbocycles. The Kier molecular flexibility index (Phi) is 3.75. The van der Waals surface area contributed by atoms with Gasteiger partial charge in [-0.1, -0.05) is 0 Å². The smallest absolute Gasteiger partial charge is 0.163 e. The van der Waals surface area contributed by atoms with Crippen LogP contribution in [0.5, 0.6) is 11.5 Å². The fraction of sp³-hybridized carbons (Fsp3) is 0.571. The molecule has 0 saturated carbocycles. The Bertz CT molecular complexity index is 445. The number of hydrogen-bond donors (Lipinski definition) is 2. The molecule has 1 saturated heterocycles. The third-order valence-electron chi connectivity index (χ3n) is 3.43. The van der Waals surface area contributed by atoms with E-state index in [-0.39, 0.29) is 0 Å². The molecule has 0 aliphatic carbocycles. The Hall–Kier alpha value is -1.46. The lowest BCUT2D eigenvalue weighted by Gasteiger charge is -2.25. The van der Waals surface area contributed by atoms with Gasteiger partial charge in [-0.3, -0.25) is 0 Å². The van der Waals surface area contributed by atoms with Gasteiger partial charge < -0.3 is 24.8 Å². The maximum absolute atomic E-state index is 5.61. The number of rotatable bonds is 3. The van der Waals surface area contributed by atoms with Crippen molar-refractivity contribution in [2.75, 3.05) is 44.8 Å². The molecule has 2 aliphatic heterocycles. The Morgan fingerprint density at radius 1 is 1.21 bits per heavy atom. The molecule has 0 bridgehead atoms. The predicted octanol–water partition coefficient (Wildman–Crippen LogP) is 1.17. The van der Waals surface area contributed by atoms with Crippen molar-refractivity contribution in [1.82, 2.24) is 5.32 Å². The summed E-state index contributed by atoms with van der Waals surface area (Å²) in [5, 5.41) is 6.88. The van der Waals surface area contributed by atoms with Gasteiger partial charge in [0.15, 0.2) is 11.5 Å². The lowest BCUT2D eigenvalue weighted by Crippen LogP contribution is -2.45. The van der Waals surface area contributed by atoms with Crippen molar-refractivity contribution in [3.63, 3.8) is 0 Å². The van der Waals surface area contributed by atoms with Crippen LogP contribution in [0.1, 0.15) is 5.56 Å². The fourth-order valence-corrected chi connectivity index (χ4v) is 2.36. The molecule has 1 aromatic rings. The number of fused-ring (bicyclic) bond motifs is 1. The van der Waals surface area contributed by atoms with E-state index in [1.807, 2.05) is 12.1 Å². The topological polar surface area (TPSA) is 51.8 Å². The van der Waals surface area contributed by atoms with E-state index in [0.29, 0.717) is 19.3 Å². The van der Waals surface area contributed by atoms with Gasteiger partial charge in [0.25, 0.3) is 0 Å². The van der Waals surface area contributed by atoms with Crippen molar-refractivity contribution >= 4 is 5.69 Å². The Labute approximate surface area is 113 Å². The van der Waals surface area contributed by atoms with Crippen molar-refractivity contribution in [3.05, 3.63) is 17.7 Å². The third kappa shape index (κ3) is 2.93. The average molecular weight is 264 g/mol. The number of anilines is 1. The maximum Gasteiger partial charge on any atom is 0.163 e. The predicted molar refractivity (Wildman–Crippen MR) is 73.3 cm³/mol. The van der Waals surface area contributed by atoms with Gasteiger partial charge in [0.1, 0.15) is 13.2 Å². The second-order valence-corrected chi connectivity index (χ2v) is 4.92. The van der Waals surface area contributed by atoms with Crippen molar-refractivity contribution in [1.29, 1.82) is 0 Å². The standard InChI is InChI=1S/C14H20N2O3/c1-10-6-13-14(19-5-4-18-13)7-12(10)16-8-11-9-17-3-2-15-11/h6-7,11,15-16H,2-5,8-9H2,1H3. The van der Waals surface area contributed by atoms with E-state index in [1.54, 1.807) is 0 Å². The van der Waals surface area contributed by atoms with Crippen molar-refractivity contribution < 1.29 is 14.2 Å². The Morgan fingerprint density at radius 2 is 2.00 bits per heavy atom. The lowest BCUT2D eigenvalue weighted by molar-refractivity contribution is 0.0806. The first-order valence-corrected chi connectivity index (χ1v) is 6.78. The fourth-order valence-electron chi connectivity index (χ4n) is 2.36. The van der Waals surface area contributed by atoms with Crippen LogP contribution in [-0.4, -0.2) is 45.6 Å². The van der Waals surface area contributed by atoms with Gasteiger partial charge in [0, 0.05) is 30.9 Å². The summed E-state index contributed by atoms with van der Waals surface area (Å²) in [5.74, 6) is 1.67. The largest absolute Gasteiger partial charge is 0.486 e. The second-order valence-electron chi connectivity index (χ2n) is 4.92. The first-order chi connectivity index (χ1) is 9.33. The van der Waals surface area contributed by atoms with E-state index in [4.69, 9.17) is 14.2 Å². The van der Waals surface area contributed by atoms with E-state index in [1.165, 1.54) is 5.56 Å². The van der Waals surface area contributed by atoms with Crippen LogP contribution in [0.2, 0.25) is 0 Å². The number of morpholine rings is 1. The van der Waals surface area contributed by atoms with Crippen LogP contribution < -0.4 is 20.1 Å². The highest BCUT2D eigenvalue weighted by atomic mass is 16.6. The van der Waals surface area contributed by atoms with E-state index in [0.717, 1.165) is 43.5 Å². The van der Waals surface area contributed by atoms with Crippen LogP contribution in [0.4, 0.5) is 5.69 Å². The van der Waals surface area contributed by atoms with E-state index in [2.05, 4.69) is 17.6 Å². The molecule has 2 aliphatic rings. The Balaban J connectivity index is 1.66. The summed E-state index contributed by atoms with van der Waals surface area (Å²) in [5.41, 5.74) is 2.26. The van der Waals surface area contributed by atoms with E-state index >= 15 is 0 Å². The van der Waals surface area contributed by atoms with Crippen LogP contribution in [0, 0.1) is 6.92 Å². The quantitative estimate of drug-likeness (QED) is 0.858. The van der Waals surface area contributed by atoms with Gasteiger partial charge in [-0.25, -0.2) is 0 Å². The van der Waals surface area contributed by atoms with Gasteiger partial charge in [-0.05, 0) is 18.6 Å². The van der Waals surface area contributed by atoms with E-state index in [9.17, 15) is 0 Å². The minimum absolute atomic E-state index is 0.362. The van der Waals surface area contributed by atoms with Crippen LogP contribution in [-0.2, 0) is 4.74 Å². The molecule has 2 N–H and O–H groups in total. The number of hydrogen-bond acceptors (Lipinski definition) is 5. The number of benzene rings is 1. The minimum atomic E-state index is 0.362. The molecule has 5 nitrogen and oxygen atoms in total. The lowest BCUT2D eigenvalue weighted by atomic mass is 10.1. The Morgan fingerprint density at radius 3 is 2.74 bits per heavy atom. The van der Waals surface area contributed by atoms with Crippen LogP contribution in [0.25, 0.3) is 0 Å². The molecular weight excluding hydrogens is 244 g/mol. The van der Waals surface area contributed by atoms with Gasteiger partial charge >= 0.3 is 0 Å². The summed E-state index contributed by atoms with van der Waals surface area (Å²) in [4.78, 5) is 0. The molecule has 0 radical (unpaired) electrons. The zero-order valence-corrected chi connectivity index (χ0v) is 11.2. The maximum atomic E-state index is 5.61. The van der Waals surface area contributed by atoms with Crippen molar-refractivity contribution in [3.8, 4) is 11.5 Å². The zero-order chi connectivity index (χ0) is 13.1. The van der Waals surface area contributed by atoms with E-state index < -0.39 is 0 Å². The number of ether oxygens (including phenoxy) is 3. The summed E-state index contributed by atoms with van der Waals surface area (Å²) in [7, 11) is 0. The summed E-state index contributed by atoms with van der Waals surface area (Å²) in [6.07, 6.45) is 0. The van der Waals surface area contributed by atoms with Crippen LogP contribution >= 0.6 is 0 Å². The van der Waals surface area contributed by atoms with Crippen molar-refractivity contribution in [2.45, 2.75) is 13.0 Å². The highest BCUT2D eigenvalue weighted by molar-refractivity contribution is 5.60. The third-order valence-corrected chi connectivity index (χ3v) is 3.43. The van der Waals surface area contributed by atoms with Crippen LogP contribution in [0.3, 0.4) is 0 Å². The first-order valence-electron chi connectivity index (χ1n) is 6.78. The highest BCUT2D eigenvalue weighted by Gasteiger charge is 2.16. The van der Waals surface area contributed by atoms with Gasteiger partial charge in [-0.2, -0.15) is 0 Å². The van der Waals surface area contributed by atoms with Gasteiger partial charge in [-0.15, -0.1) is 0 Å². The second kappa shape index (κ2) is 5.67. The summed E-state index contributed by atoms with van der Waals surface area (Å²) >= 11 is 0. The zero-order valence-electron chi connectivity index (χ0n) is 11.2. The highest BCUT2D eigenvalue weighted by Crippen LogP contribution is 2.35. The molecular formula is C14H20N2O3. The van der Waals surface area contributed by atoms with Gasteiger partial charge in [0.05, 0.1) is 13.2 Å². The van der Waals surface area contributed by atoms with Crippen LogP contribution in [0.15, 0.2) is 12.1 Å². The molecule has 3 rings (SSSR count). The molecule has 0 aromatic heterocycles. The summed E-state index contributed by atoms with van der Waals surface area (Å²) in [6.45, 7) is 6.66. The molecule has 0 spiro atoms. The normalized spacial score (nSPS) is 22.1. The molecule has 1 unspecified atom stereocenters. The molecule has 2 heterocycles. The summed E-state index contributed by atoms with van der Waals surface area (Å²) < 4.78 is 16.6. The number of aryl methyl sites for hydroxylation is 1. The molecule has 1 fully saturated rings. The average Bonchev–Trinajstić information content (AvgIpc) is 2.46. The minimum Gasteiger partial charge on any atom is -0.486 e. The van der Waals surface area contributed by atoms with Gasteiger partial charge in [0.2, 0.25) is 0 Å². The molecule has 104 valence electrons. The first kappa shape index (κ1) is 12.6.